The maximum absolute atomic E-state index is 13.7. The molecule has 0 aliphatic heterocycles. The van der Waals surface area contributed by atoms with Crippen LogP contribution in [0.2, 0.25) is 0 Å². The minimum Gasteiger partial charge on any atom is -0.507 e. The van der Waals surface area contributed by atoms with Gasteiger partial charge >= 0.3 is 23.9 Å². The summed E-state index contributed by atoms with van der Waals surface area (Å²) in [7, 11) is 1.65. The number of rotatable bonds is 17. The fourth-order valence-corrected chi connectivity index (χ4v) is 10.9. The zero-order chi connectivity index (χ0) is 50.8. The molecule has 0 aliphatic carbocycles. The first-order chi connectivity index (χ1) is 34.7. The molecule has 9 aromatic rings. The summed E-state index contributed by atoms with van der Waals surface area (Å²) in [5, 5.41) is 44.0. The summed E-state index contributed by atoms with van der Waals surface area (Å²) in [5.74, 6) is -0.164. The van der Waals surface area contributed by atoms with E-state index in [1.54, 1.807) is 52.2 Å². The quantitative estimate of drug-likeness (QED) is 0.0507. The molecule has 0 saturated heterocycles. The Labute approximate surface area is 425 Å². The number of esters is 3. The largest absolute Gasteiger partial charge is 0.507 e. The third kappa shape index (κ3) is 10.1. The summed E-state index contributed by atoms with van der Waals surface area (Å²) >= 11 is 5.16. The number of carbonyl (C=O) groups excluding carboxylic acids is 3. The van der Waals surface area contributed by atoms with Crippen LogP contribution < -0.4 is 9.47 Å². The molecule has 0 aliphatic rings. The highest BCUT2D eigenvalue weighted by molar-refractivity contribution is 7.20. The SMILES string of the molecule is CCOC(=O)c1cc(O)c2cc(C)sc2c1/N=N/c1cc(Oc2cc(C(=O)OCC)c(/N=N/c3cc(Oc4cc(C(=O)OCC)c(/N=N/c5ncc(CC)o5)c5sc(C)cc45)ns3)c3sc(C)cc23)nn1C. The molecule has 0 saturated carbocycles. The van der Waals surface area contributed by atoms with E-state index < -0.39 is 17.9 Å². The lowest BCUT2D eigenvalue weighted by Gasteiger charge is -2.10. The van der Waals surface area contributed by atoms with Gasteiger partial charge in [0, 0.05) is 56.4 Å². The van der Waals surface area contributed by atoms with Crippen LogP contribution in [0.1, 0.15) is 79.2 Å². The first-order valence-corrected chi connectivity index (χ1v) is 25.5. The van der Waals surface area contributed by atoms with Gasteiger partial charge in [-0.15, -0.1) is 64.7 Å². The van der Waals surface area contributed by atoms with Gasteiger partial charge in [0.05, 0.1) is 56.8 Å². The zero-order valence-corrected chi connectivity index (χ0v) is 43.0. The van der Waals surface area contributed by atoms with Crippen LogP contribution in [0.25, 0.3) is 30.3 Å². The van der Waals surface area contributed by atoms with Crippen LogP contribution in [0.5, 0.6) is 29.0 Å². The number of phenolic OH excluding ortho intramolecular Hbond substituents is 1. The Bertz CT molecular complexity index is 3670. The molecule has 368 valence electrons. The number of azo groups is 3. The molecule has 9 rings (SSSR count). The highest BCUT2D eigenvalue weighted by Gasteiger charge is 2.26. The highest BCUT2D eigenvalue weighted by Crippen LogP contribution is 2.48. The van der Waals surface area contributed by atoms with E-state index in [4.69, 9.17) is 28.1 Å². The lowest BCUT2D eigenvalue weighted by atomic mass is 10.1. The van der Waals surface area contributed by atoms with Crippen LogP contribution in [0.15, 0.2) is 89.8 Å². The van der Waals surface area contributed by atoms with E-state index in [0.717, 1.165) is 26.2 Å². The molecule has 0 amide bonds. The molecule has 24 heteroatoms. The first-order valence-electron chi connectivity index (χ1n) is 22.2. The number of benzene rings is 3. The molecule has 6 aromatic heterocycles. The Morgan fingerprint density at radius 2 is 1.12 bits per heavy atom. The van der Waals surface area contributed by atoms with Gasteiger partial charge in [-0.1, -0.05) is 12.0 Å². The molecular weight excluding hydrogens is 1000 g/mol. The second-order valence-corrected chi connectivity index (χ2v) is 20.1. The molecule has 0 bridgehead atoms. The van der Waals surface area contributed by atoms with Crippen molar-refractivity contribution in [2.45, 2.75) is 54.9 Å². The summed E-state index contributed by atoms with van der Waals surface area (Å²) in [4.78, 5) is 46.9. The number of aryl methyl sites for hydroxylation is 5. The third-order valence-electron chi connectivity index (χ3n) is 10.5. The summed E-state index contributed by atoms with van der Waals surface area (Å²) in [6.07, 6.45) is 2.21. The van der Waals surface area contributed by atoms with Crippen molar-refractivity contribution in [3.8, 4) is 29.0 Å². The average Bonchev–Trinajstić information content (AvgIpc) is 4.23. The normalized spacial score (nSPS) is 11.9. The minimum atomic E-state index is -0.656. The summed E-state index contributed by atoms with van der Waals surface area (Å²) in [5.41, 5.74) is 1.04. The van der Waals surface area contributed by atoms with Crippen molar-refractivity contribution in [1.82, 2.24) is 19.1 Å². The lowest BCUT2D eigenvalue weighted by Crippen LogP contribution is -2.05. The fourth-order valence-electron chi connectivity index (χ4n) is 7.34. The second kappa shape index (κ2) is 20.9. The number of carbonyl (C=O) groups is 3. The molecule has 0 radical (unpaired) electrons. The topological polar surface area (TPSA) is 248 Å². The van der Waals surface area contributed by atoms with Crippen molar-refractivity contribution in [2.75, 3.05) is 19.8 Å². The van der Waals surface area contributed by atoms with Gasteiger partial charge in [0.1, 0.15) is 40.1 Å². The van der Waals surface area contributed by atoms with E-state index in [9.17, 15) is 19.5 Å². The smallest absolute Gasteiger partial charge is 0.341 e. The number of hydrogen-bond donors (Lipinski definition) is 1. The molecule has 0 fully saturated rings. The molecule has 0 unspecified atom stereocenters. The number of thiophene rings is 3. The number of aromatic nitrogens is 4. The molecule has 3 aromatic carbocycles. The molecule has 6 heterocycles. The van der Waals surface area contributed by atoms with Crippen molar-refractivity contribution in [3.05, 3.63) is 91.8 Å². The summed E-state index contributed by atoms with van der Waals surface area (Å²) < 4.78 is 42.2. The van der Waals surface area contributed by atoms with Crippen molar-refractivity contribution in [1.29, 1.82) is 0 Å². The Balaban J connectivity index is 1.02. The van der Waals surface area contributed by atoms with Gasteiger partial charge in [-0.25, -0.2) is 19.1 Å². The maximum atomic E-state index is 13.7. The molecule has 1 N–H and O–H groups in total. The van der Waals surface area contributed by atoms with Crippen molar-refractivity contribution >= 4 is 128 Å². The van der Waals surface area contributed by atoms with E-state index in [1.165, 1.54) is 50.8 Å². The van der Waals surface area contributed by atoms with E-state index in [-0.39, 0.29) is 82.9 Å². The summed E-state index contributed by atoms with van der Waals surface area (Å²) in [6, 6.07) is 13.2. The third-order valence-corrected chi connectivity index (χ3v) is 14.3. The van der Waals surface area contributed by atoms with Crippen LogP contribution in [-0.2, 0) is 27.7 Å². The van der Waals surface area contributed by atoms with E-state index in [0.29, 0.717) is 58.9 Å². The van der Waals surface area contributed by atoms with Gasteiger partial charge in [0.2, 0.25) is 11.8 Å². The number of aromatic hydroxyl groups is 1. The monoisotopic (exact) mass is 1050 g/mol. The van der Waals surface area contributed by atoms with Gasteiger partial charge in [-0.2, -0.15) is 9.36 Å². The number of ether oxygens (including phenoxy) is 5. The van der Waals surface area contributed by atoms with Gasteiger partial charge in [0.15, 0.2) is 10.8 Å². The average molecular weight is 1050 g/mol. The van der Waals surface area contributed by atoms with E-state index >= 15 is 0 Å². The van der Waals surface area contributed by atoms with Gasteiger partial charge in [-0.05, 0) is 89.5 Å². The predicted molar refractivity (Wildman–Crippen MR) is 273 cm³/mol. The first kappa shape index (κ1) is 49.2. The zero-order valence-electron chi connectivity index (χ0n) is 39.8. The molecular formula is C48H42N10O10S4. The van der Waals surface area contributed by atoms with Gasteiger partial charge < -0.3 is 33.2 Å². The number of phenols is 1. The molecule has 72 heavy (non-hydrogen) atoms. The second-order valence-electron chi connectivity index (χ2n) is 15.5. The van der Waals surface area contributed by atoms with Crippen LogP contribution >= 0.6 is 45.5 Å². The van der Waals surface area contributed by atoms with Crippen LogP contribution in [0.3, 0.4) is 0 Å². The Morgan fingerprint density at radius 1 is 0.625 bits per heavy atom. The van der Waals surface area contributed by atoms with Crippen LogP contribution in [0, 0.1) is 20.8 Å². The highest BCUT2D eigenvalue weighted by atomic mass is 32.1. The van der Waals surface area contributed by atoms with Crippen molar-refractivity contribution in [3.63, 3.8) is 0 Å². The minimum absolute atomic E-state index is 0.0530. The Hall–Kier alpha value is -7.80. The molecule has 0 atom stereocenters. The standard InChI is InChI=1S/C48H42N10O10S4/c1-9-25-21-49-48(66-25)55-54-41-31(47(62)65-12-4)18-34(28-15-24(7)71-44(28)41)68-37-20-38(72-57-37)51-53-40-30(46(61)64-11-3)17-33(27-14-23(6)70-43(27)40)67-36-19-35(58(8)56-36)50-52-39-29(45(60)63-10-2)16-32(59)26-13-22(5)69-42(26)39/h13-21,59H,9-12H2,1-8H3/b52-50+,53-51+,55-54+. The molecule has 0 spiro atoms. The van der Waals surface area contributed by atoms with Gasteiger partial charge in [-0.3, -0.25) is 0 Å². The number of nitrogens with zero attached hydrogens (tertiary/aromatic N) is 10. The number of oxazole rings is 1. The summed E-state index contributed by atoms with van der Waals surface area (Å²) in [6.45, 7) is 13.1. The van der Waals surface area contributed by atoms with E-state index in [2.05, 4.69) is 45.1 Å². The number of hydrogen-bond acceptors (Lipinski definition) is 23. The Kier molecular flexibility index (Phi) is 14.3. The predicted octanol–water partition coefficient (Wildman–Crippen LogP) is 15.1. The van der Waals surface area contributed by atoms with E-state index in [1.807, 2.05) is 45.9 Å². The maximum Gasteiger partial charge on any atom is 0.341 e. The fraction of sp³-hybridized carbons (Fsp3) is 0.250. The number of fused-ring (bicyclic) bond motifs is 3. The van der Waals surface area contributed by atoms with Crippen molar-refractivity contribution < 1.29 is 47.6 Å². The van der Waals surface area contributed by atoms with Crippen LogP contribution in [0.4, 0.5) is 33.9 Å². The molecule has 20 nitrogen and oxygen atoms in total. The Morgan fingerprint density at radius 3 is 1.67 bits per heavy atom. The van der Waals surface area contributed by atoms with Crippen LogP contribution in [-0.4, -0.2) is 62.0 Å². The lowest BCUT2D eigenvalue weighted by molar-refractivity contribution is 0.0517. The van der Waals surface area contributed by atoms with Crippen molar-refractivity contribution in [2.24, 2.45) is 37.7 Å². The van der Waals surface area contributed by atoms with Gasteiger partial charge in [0.25, 0.3) is 0 Å².